The SMILES string of the molecule is CC(=O)Nc1ccc(C(=O)NCc2ccc(Cl)cc2)o1. The predicted octanol–water partition coefficient (Wildman–Crippen LogP) is 2.82. The van der Waals surface area contributed by atoms with Gasteiger partial charge in [-0.3, -0.25) is 14.9 Å². The average molecular weight is 293 g/mol. The van der Waals surface area contributed by atoms with Crippen LogP contribution >= 0.6 is 11.6 Å². The zero-order valence-corrected chi connectivity index (χ0v) is 11.5. The van der Waals surface area contributed by atoms with E-state index in [1.807, 2.05) is 12.1 Å². The number of rotatable bonds is 4. The Hall–Kier alpha value is -2.27. The van der Waals surface area contributed by atoms with Gasteiger partial charge in [0.2, 0.25) is 5.91 Å². The maximum absolute atomic E-state index is 11.8. The number of hydrogen-bond acceptors (Lipinski definition) is 3. The van der Waals surface area contributed by atoms with E-state index in [0.29, 0.717) is 11.6 Å². The third-order valence-electron chi connectivity index (χ3n) is 2.50. The summed E-state index contributed by atoms with van der Waals surface area (Å²) < 4.78 is 5.20. The van der Waals surface area contributed by atoms with E-state index < -0.39 is 0 Å². The first kappa shape index (κ1) is 14.1. The lowest BCUT2D eigenvalue weighted by Gasteiger charge is -2.03. The van der Waals surface area contributed by atoms with Crippen LogP contribution in [0.25, 0.3) is 0 Å². The van der Waals surface area contributed by atoms with Gasteiger partial charge in [0, 0.05) is 24.6 Å². The Morgan fingerprint density at radius 1 is 1.15 bits per heavy atom. The maximum Gasteiger partial charge on any atom is 0.287 e. The van der Waals surface area contributed by atoms with Crippen molar-refractivity contribution in [3.63, 3.8) is 0 Å². The minimum atomic E-state index is -0.350. The van der Waals surface area contributed by atoms with Crippen molar-refractivity contribution >= 4 is 29.3 Å². The third-order valence-corrected chi connectivity index (χ3v) is 2.75. The standard InChI is InChI=1S/C14H13ClN2O3/c1-9(18)17-13-7-6-12(20-13)14(19)16-8-10-2-4-11(15)5-3-10/h2-7H,8H2,1H3,(H,16,19)(H,17,18). The van der Waals surface area contributed by atoms with Gasteiger partial charge in [-0.05, 0) is 23.8 Å². The summed E-state index contributed by atoms with van der Waals surface area (Å²) in [5.41, 5.74) is 0.927. The fourth-order valence-electron chi connectivity index (χ4n) is 1.57. The Balaban J connectivity index is 1.93. The topological polar surface area (TPSA) is 71.3 Å². The first-order valence-electron chi connectivity index (χ1n) is 5.94. The van der Waals surface area contributed by atoms with E-state index >= 15 is 0 Å². The molecule has 2 rings (SSSR count). The van der Waals surface area contributed by atoms with Crippen molar-refractivity contribution in [1.29, 1.82) is 0 Å². The van der Waals surface area contributed by atoms with E-state index in [-0.39, 0.29) is 23.5 Å². The van der Waals surface area contributed by atoms with Crippen molar-refractivity contribution in [3.05, 3.63) is 52.7 Å². The molecule has 0 fully saturated rings. The van der Waals surface area contributed by atoms with Crippen LogP contribution < -0.4 is 10.6 Å². The smallest absolute Gasteiger partial charge is 0.287 e. The Labute approximate surface area is 120 Å². The van der Waals surface area contributed by atoms with Crippen LogP contribution in [0.15, 0.2) is 40.8 Å². The van der Waals surface area contributed by atoms with Gasteiger partial charge < -0.3 is 9.73 Å². The van der Waals surface area contributed by atoms with Crippen molar-refractivity contribution < 1.29 is 14.0 Å². The Kier molecular flexibility index (Phi) is 4.42. The molecule has 2 aromatic rings. The number of carbonyl (C=O) groups is 2. The lowest BCUT2D eigenvalue weighted by atomic mass is 10.2. The van der Waals surface area contributed by atoms with Crippen LogP contribution in [0.4, 0.5) is 5.88 Å². The summed E-state index contributed by atoms with van der Waals surface area (Å²) in [6.45, 7) is 1.73. The normalized spacial score (nSPS) is 10.1. The summed E-state index contributed by atoms with van der Waals surface area (Å²) in [6.07, 6.45) is 0. The predicted molar refractivity (Wildman–Crippen MR) is 75.6 cm³/mol. The molecule has 104 valence electrons. The second-order valence-corrected chi connectivity index (χ2v) is 4.59. The molecule has 0 unspecified atom stereocenters. The summed E-state index contributed by atoms with van der Waals surface area (Å²) in [4.78, 5) is 22.7. The van der Waals surface area contributed by atoms with Crippen molar-refractivity contribution in [2.45, 2.75) is 13.5 Å². The van der Waals surface area contributed by atoms with Crippen LogP contribution in [0.1, 0.15) is 23.0 Å². The molecule has 1 aromatic heterocycles. The highest BCUT2D eigenvalue weighted by Gasteiger charge is 2.11. The highest BCUT2D eigenvalue weighted by atomic mass is 35.5. The van der Waals surface area contributed by atoms with Crippen molar-refractivity contribution in [2.24, 2.45) is 0 Å². The quantitative estimate of drug-likeness (QED) is 0.910. The minimum Gasteiger partial charge on any atom is -0.435 e. The van der Waals surface area contributed by atoms with Crippen LogP contribution in [0.5, 0.6) is 0 Å². The number of benzene rings is 1. The first-order valence-corrected chi connectivity index (χ1v) is 6.32. The summed E-state index contributed by atoms with van der Waals surface area (Å²) >= 11 is 5.78. The largest absolute Gasteiger partial charge is 0.435 e. The molecule has 20 heavy (non-hydrogen) atoms. The molecular formula is C14H13ClN2O3. The molecule has 0 bridgehead atoms. The second-order valence-electron chi connectivity index (χ2n) is 4.15. The molecule has 2 N–H and O–H groups in total. The van der Waals surface area contributed by atoms with Crippen LogP contribution in [0, 0.1) is 0 Å². The Morgan fingerprint density at radius 3 is 2.50 bits per heavy atom. The maximum atomic E-state index is 11.8. The number of hydrogen-bond donors (Lipinski definition) is 2. The fourth-order valence-corrected chi connectivity index (χ4v) is 1.70. The van der Waals surface area contributed by atoms with Gasteiger partial charge in [0.1, 0.15) is 0 Å². The average Bonchev–Trinajstić information content (AvgIpc) is 2.85. The molecule has 0 saturated heterocycles. The van der Waals surface area contributed by atoms with Gasteiger partial charge in [-0.1, -0.05) is 23.7 Å². The van der Waals surface area contributed by atoms with E-state index in [4.69, 9.17) is 16.0 Å². The molecular weight excluding hydrogens is 280 g/mol. The fraction of sp³-hybridized carbons (Fsp3) is 0.143. The van der Waals surface area contributed by atoms with Crippen LogP contribution in [0.2, 0.25) is 5.02 Å². The van der Waals surface area contributed by atoms with Crippen LogP contribution in [-0.4, -0.2) is 11.8 Å². The number of anilines is 1. The molecule has 0 atom stereocenters. The lowest BCUT2D eigenvalue weighted by molar-refractivity contribution is -0.114. The van der Waals surface area contributed by atoms with Gasteiger partial charge in [-0.25, -0.2) is 0 Å². The van der Waals surface area contributed by atoms with E-state index in [1.54, 1.807) is 12.1 Å². The molecule has 0 saturated carbocycles. The second kappa shape index (κ2) is 6.25. The Bertz CT molecular complexity index is 620. The minimum absolute atomic E-state index is 0.141. The number of halogens is 1. The highest BCUT2D eigenvalue weighted by Crippen LogP contribution is 2.13. The molecule has 5 nitrogen and oxygen atoms in total. The molecule has 0 aliphatic heterocycles. The van der Waals surface area contributed by atoms with Gasteiger partial charge >= 0.3 is 0 Å². The van der Waals surface area contributed by atoms with Gasteiger partial charge in [0.15, 0.2) is 11.6 Å². The van der Waals surface area contributed by atoms with E-state index in [9.17, 15) is 9.59 Å². The molecule has 0 radical (unpaired) electrons. The third kappa shape index (κ3) is 3.86. The number of furan rings is 1. The van der Waals surface area contributed by atoms with Crippen LogP contribution in [0.3, 0.4) is 0 Å². The summed E-state index contributed by atoms with van der Waals surface area (Å²) in [5.74, 6) is -0.221. The van der Waals surface area contributed by atoms with Gasteiger partial charge in [0.25, 0.3) is 5.91 Å². The van der Waals surface area contributed by atoms with Crippen LogP contribution in [-0.2, 0) is 11.3 Å². The molecule has 6 heteroatoms. The molecule has 2 amide bonds. The zero-order chi connectivity index (χ0) is 14.5. The molecule has 1 heterocycles. The zero-order valence-electron chi connectivity index (χ0n) is 10.8. The van der Waals surface area contributed by atoms with Gasteiger partial charge in [0.05, 0.1) is 0 Å². The monoisotopic (exact) mass is 292 g/mol. The molecule has 0 aliphatic rings. The van der Waals surface area contributed by atoms with Crippen molar-refractivity contribution in [2.75, 3.05) is 5.32 Å². The number of amides is 2. The van der Waals surface area contributed by atoms with Gasteiger partial charge in [-0.15, -0.1) is 0 Å². The van der Waals surface area contributed by atoms with E-state index in [1.165, 1.54) is 19.1 Å². The highest BCUT2D eigenvalue weighted by molar-refractivity contribution is 6.30. The van der Waals surface area contributed by atoms with Gasteiger partial charge in [-0.2, -0.15) is 0 Å². The molecule has 0 spiro atoms. The summed E-state index contributed by atoms with van der Waals surface area (Å²) in [6, 6.07) is 10.2. The number of carbonyl (C=O) groups excluding carboxylic acids is 2. The van der Waals surface area contributed by atoms with E-state index in [0.717, 1.165) is 5.56 Å². The van der Waals surface area contributed by atoms with Crippen molar-refractivity contribution in [3.8, 4) is 0 Å². The van der Waals surface area contributed by atoms with E-state index in [2.05, 4.69) is 10.6 Å². The molecule has 0 aliphatic carbocycles. The Morgan fingerprint density at radius 2 is 1.85 bits per heavy atom. The van der Waals surface area contributed by atoms with Crippen molar-refractivity contribution in [1.82, 2.24) is 5.32 Å². The molecule has 1 aromatic carbocycles. The lowest BCUT2D eigenvalue weighted by Crippen LogP contribution is -2.22. The summed E-state index contributed by atoms with van der Waals surface area (Å²) in [5, 5.41) is 5.82. The summed E-state index contributed by atoms with van der Waals surface area (Å²) in [7, 11) is 0. The number of nitrogens with one attached hydrogen (secondary N) is 2. The first-order chi connectivity index (χ1) is 9.54.